The smallest absolute Gasteiger partial charge is 0.293 e. The highest BCUT2D eigenvalue weighted by atomic mass is 17.2. The molecule has 3 heteroatoms. The van der Waals surface area contributed by atoms with Gasteiger partial charge in [-0.2, -0.15) is 4.89 Å². The molecule has 0 atom stereocenters. The Balaban J connectivity index is 2.42. The Bertz CT molecular complexity index is 330. The van der Waals surface area contributed by atoms with Crippen LogP contribution in [0.2, 0.25) is 0 Å². The van der Waals surface area contributed by atoms with Gasteiger partial charge in [0.15, 0.2) is 0 Å². The SMILES string of the molecule is [CH2]OOC(=O)c1ccc(CCCCCC)cc1. The first-order valence-corrected chi connectivity index (χ1v) is 6.00. The summed E-state index contributed by atoms with van der Waals surface area (Å²) >= 11 is 0. The molecule has 17 heavy (non-hydrogen) atoms. The summed E-state index contributed by atoms with van der Waals surface area (Å²) in [5, 5.41) is 0. The van der Waals surface area contributed by atoms with Crippen LogP contribution < -0.4 is 0 Å². The first kappa shape index (κ1) is 13.7. The van der Waals surface area contributed by atoms with Crippen molar-refractivity contribution in [1.82, 2.24) is 0 Å². The van der Waals surface area contributed by atoms with Gasteiger partial charge in [0.2, 0.25) is 0 Å². The average molecular weight is 235 g/mol. The Morgan fingerprint density at radius 3 is 2.47 bits per heavy atom. The Labute approximate surface area is 103 Å². The predicted octanol–water partition coefficient (Wildman–Crippen LogP) is 3.69. The minimum absolute atomic E-state index is 0.478. The van der Waals surface area contributed by atoms with Crippen molar-refractivity contribution in [3.05, 3.63) is 42.5 Å². The van der Waals surface area contributed by atoms with E-state index in [9.17, 15) is 4.79 Å². The van der Waals surface area contributed by atoms with Gasteiger partial charge in [0.05, 0.1) is 5.56 Å². The fraction of sp³-hybridized carbons (Fsp3) is 0.429. The van der Waals surface area contributed by atoms with Gasteiger partial charge >= 0.3 is 5.97 Å². The highest BCUT2D eigenvalue weighted by molar-refractivity contribution is 5.88. The topological polar surface area (TPSA) is 35.5 Å². The fourth-order valence-electron chi connectivity index (χ4n) is 1.67. The summed E-state index contributed by atoms with van der Waals surface area (Å²) in [6, 6.07) is 7.39. The second-order valence-electron chi connectivity index (χ2n) is 4.00. The van der Waals surface area contributed by atoms with E-state index < -0.39 is 5.97 Å². The largest absolute Gasteiger partial charge is 0.373 e. The van der Waals surface area contributed by atoms with Gasteiger partial charge in [0.1, 0.15) is 7.11 Å². The van der Waals surface area contributed by atoms with Crippen molar-refractivity contribution in [1.29, 1.82) is 0 Å². The Morgan fingerprint density at radius 2 is 1.88 bits per heavy atom. The van der Waals surface area contributed by atoms with E-state index in [0.717, 1.165) is 6.42 Å². The minimum Gasteiger partial charge on any atom is -0.293 e. The van der Waals surface area contributed by atoms with Crippen LogP contribution in [0.15, 0.2) is 24.3 Å². The summed E-state index contributed by atoms with van der Waals surface area (Å²) in [5.41, 5.74) is 1.72. The number of hydrogen-bond donors (Lipinski definition) is 0. The van der Waals surface area contributed by atoms with Crippen molar-refractivity contribution in [2.24, 2.45) is 0 Å². The predicted molar refractivity (Wildman–Crippen MR) is 66.1 cm³/mol. The van der Waals surface area contributed by atoms with Crippen LogP contribution in [0.1, 0.15) is 48.5 Å². The summed E-state index contributed by atoms with van der Waals surface area (Å²) < 4.78 is 0. The summed E-state index contributed by atoms with van der Waals surface area (Å²) in [7, 11) is 2.98. The molecule has 1 aromatic rings. The molecule has 0 aromatic heterocycles. The van der Waals surface area contributed by atoms with Crippen LogP contribution in [0.25, 0.3) is 0 Å². The third-order valence-electron chi connectivity index (χ3n) is 2.64. The number of carbonyl (C=O) groups is 1. The molecule has 0 unspecified atom stereocenters. The van der Waals surface area contributed by atoms with E-state index in [0.29, 0.717) is 5.56 Å². The quantitative estimate of drug-likeness (QED) is 0.411. The molecule has 0 aliphatic heterocycles. The van der Waals surface area contributed by atoms with Crippen molar-refractivity contribution >= 4 is 5.97 Å². The molecule has 0 bridgehead atoms. The number of rotatable bonds is 7. The van der Waals surface area contributed by atoms with Crippen molar-refractivity contribution < 1.29 is 14.6 Å². The molecular weight excluding hydrogens is 216 g/mol. The molecule has 0 amide bonds. The number of carbonyl (C=O) groups excluding carboxylic acids is 1. The van der Waals surface area contributed by atoms with Crippen LogP contribution in [0.3, 0.4) is 0 Å². The molecule has 1 rings (SSSR count). The number of hydrogen-bond acceptors (Lipinski definition) is 3. The Morgan fingerprint density at radius 1 is 1.18 bits per heavy atom. The van der Waals surface area contributed by atoms with Crippen LogP contribution in [-0.4, -0.2) is 5.97 Å². The van der Waals surface area contributed by atoms with E-state index in [1.54, 1.807) is 12.1 Å². The zero-order valence-corrected chi connectivity index (χ0v) is 10.3. The van der Waals surface area contributed by atoms with Crippen molar-refractivity contribution in [2.75, 3.05) is 0 Å². The monoisotopic (exact) mass is 235 g/mol. The summed E-state index contributed by atoms with van der Waals surface area (Å²) in [6.07, 6.45) is 6.04. The van der Waals surface area contributed by atoms with Gasteiger partial charge in [0.25, 0.3) is 0 Å². The molecule has 0 N–H and O–H groups in total. The van der Waals surface area contributed by atoms with E-state index in [-0.39, 0.29) is 0 Å². The Hall–Kier alpha value is -1.35. The lowest BCUT2D eigenvalue weighted by Crippen LogP contribution is -2.03. The Kier molecular flexibility index (Phi) is 6.33. The highest BCUT2D eigenvalue weighted by Gasteiger charge is 2.06. The number of benzene rings is 1. The lowest BCUT2D eigenvalue weighted by atomic mass is 10.0. The van der Waals surface area contributed by atoms with E-state index in [1.807, 2.05) is 12.1 Å². The molecule has 0 fully saturated rings. The van der Waals surface area contributed by atoms with Gasteiger partial charge in [-0.05, 0) is 30.5 Å². The van der Waals surface area contributed by atoms with Gasteiger partial charge < -0.3 is 0 Å². The molecule has 93 valence electrons. The van der Waals surface area contributed by atoms with Crippen LogP contribution in [0, 0.1) is 7.11 Å². The normalized spacial score (nSPS) is 10.2. The van der Waals surface area contributed by atoms with E-state index in [1.165, 1.54) is 31.2 Å². The summed E-state index contributed by atoms with van der Waals surface area (Å²) in [6.45, 7) is 2.20. The summed E-state index contributed by atoms with van der Waals surface area (Å²) in [5.74, 6) is -0.516. The maximum atomic E-state index is 11.3. The molecule has 0 saturated heterocycles. The van der Waals surface area contributed by atoms with E-state index in [4.69, 9.17) is 0 Å². The highest BCUT2D eigenvalue weighted by Crippen LogP contribution is 2.10. The van der Waals surface area contributed by atoms with Crippen LogP contribution in [0.5, 0.6) is 0 Å². The van der Waals surface area contributed by atoms with Crippen molar-refractivity contribution in [2.45, 2.75) is 39.0 Å². The van der Waals surface area contributed by atoms with Crippen LogP contribution in [0.4, 0.5) is 0 Å². The van der Waals surface area contributed by atoms with Crippen molar-refractivity contribution in [3.63, 3.8) is 0 Å². The number of aryl methyl sites for hydroxylation is 1. The fourth-order valence-corrected chi connectivity index (χ4v) is 1.67. The molecule has 0 spiro atoms. The number of unbranched alkanes of at least 4 members (excludes halogenated alkanes) is 3. The van der Waals surface area contributed by atoms with Crippen LogP contribution >= 0.6 is 0 Å². The second kappa shape index (κ2) is 7.85. The molecule has 0 aliphatic carbocycles. The first-order valence-electron chi connectivity index (χ1n) is 6.00. The third kappa shape index (κ3) is 5.00. The molecular formula is C14H19O3. The molecule has 0 saturated carbocycles. The van der Waals surface area contributed by atoms with Gasteiger partial charge in [0, 0.05) is 0 Å². The van der Waals surface area contributed by atoms with Gasteiger partial charge in [-0.3, -0.25) is 4.89 Å². The lowest BCUT2D eigenvalue weighted by molar-refractivity contribution is -0.195. The maximum absolute atomic E-state index is 11.3. The van der Waals surface area contributed by atoms with Crippen LogP contribution in [-0.2, 0) is 16.2 Å². The first-order chi connectivity index (χ1) is 8.27. The van der Waals surface area contributed by atoms with E-state index in [2.05, 4.69) is 23.8 Å². The molecule has 0 aliphatic rings. The maximum Gasteiger partial charge on any atom is 0.373 e. The summed E-state index contributed by atoms with van der Waals surface area (Å²) in [4.78, 5) is 19.7. The average Bonchev–Trinajstić information content (AvgIpc) is 2.36. The molecule has 0 heterocycles. The molecule has 1 aromatic carbocycles. The zero-order chi connectivity index (χ0) is 12.5. The molecule has 1 radical (unpaired) electrons. The third-order valence-corrected chi connectivity index (χ3v) is 2.64. The van der Waals surface area contributed by atoms with E-state index >= 15 is 0 Å². The van der Waals surface area contributed by atoms with Gasteiger partial charge in [-0.15, -0.1) is 0 Å². The van der Waals surface area contributed by atoms with Crippen molar-refractivity contribution in [3.8, 4) is 0 Å². The van der Waals surface area contributed by atoms with Gasteiger partial charge in [-0.1, -0.05) is 38.3 Å². The second-order valence-corrected chi connectivity index (χ2v) is 4.00. The van der Waals surface area contributed by atoms with Gasteiger partial charge in [-0.25, -0.2) is 4.79 Å². The lowest BCUT2D eigenvalue weighted by Gasteiger charge is -2.03. The minimum atomic E-state index is -0.516. The zero-order valence-electron chi connectivity index (χ0n) is 10.3. The standard InChI is InChI=1S/C14H19O3/c1-3-4-5-6-7-12-8-10-13(11-9-12)14(15)17-16-2/h8-11H,2-7H2,1H3. The molecule has 3 nitrogen and oxygen atoms in total.